The standard InChI is InChI=1S/C14H20FNO2/c1-9(13-6-5-10(15)7-14(13)18)16-11-3-2-4-12(17)8-11/h5-7,9,11-12,16-18H,2-4,8H2,1H3. The van der Waals surface area contributed by atoms with Crippen molar-refractivity contribution < 1.29 is 14.6 Å². The van der Waals surface area contributed by atoms with Crippen LogP contribution in [0, 0.1) is 5.82 Å². The second-order valence-corrected chi connectivity index (χ2v) is 5.11. The van der Waals surface area contributed by atoms with E-state index in [1.165, 1.54) is 6.07 Å². The number of phenols is 1. The van der Waals surface area contributed by atoms with Crippen LogP contribution in [0.5, 0.6) is 5.75 Å². The summed E-state index contributed by atoms with van der Waals surface area (Å²) in [6.45, 7) is 1.94. The highest BCUT2D eigenvalue weighted by Crippen LogP contribution is 2.27. The minimum atomic E-state index is -0.434. The van der Waals surface area contributed by atoms with Crippen molar-refractivity contribution in [3.63, 3.8) is 0 Å². The molecule has 3 unspecified atom stereocenters. The van der Waals surface area contributed by atoms with Gasteiger partial charge in [-0.15, -0.1) is 0 Å². The van der Waals surface area contributed by atoms with Gasteiger partial charge < -0.3 is 15.5 Å². The molecule has 0 radical (unpaired) electrons. The van der Waals surface area contributed by atoms with Crippen molar-refractivity contribution in [2.24, 2.45) is 0 Å². The summed E-state index contributed by atoms with van der Waals surface area (Å²) in [7, 11) is 0. The van der Waals surface area contributed by atoms with Crippen LogP contribution in [0.2, 0.25) is 0 Å². The largest absolute Gasteiger partial charge is 0.508 e. The lowest BCUT2D eigenvalue weighted by Gasteiger charge is -2.29. The van der Waals surface area contributed by atoms with E-state index in [2.05, 4.69) is 5.32 Å². The van der Waals surface area contributed by atoms with Crippen molar-refractivity contribution in [2.75, 3.05) is 0 Å². The summed E-state index contributed by atoms with van der Waals surface area (Å²) in [6.07, 6.45) is 3.43. The molecular weight excluding hydrogens is 233 g/mol. The summed E-state index contributed by atoms with van der Waals surface area (Å²) in [5, 5.41) is 22.7. The second-order valence-electron chi connectivity index (χ2n) is 5.11. The first kappa shape index (κ1) is 13.3. The fraction of sp³-hybridized carbons (Fsp3) is 0.571. The van der Waals surface area contributed by atoms with Gasteiger partial charge in [-0.1, -0.05) is 6.07 Å². The fourth-order valence-electron chi connectivity index (χ4n) is 2.64. The molecule has 4 heteroatoms. The van der Waals surface area contributed by atoms with Crippen LogP contribution in [0.15, 0.2) is 18.2 Å². The summed E-state index contributed by atoms with van der Waals surface area (Å²) in [5.74, 6) is -0.456. The Balaban J connectivity index is 2.00. The monoisotopic (exact) mass is 253 g/mol. The lowest BCUT2D eigenvalue weighted by Crippen LogP contribution is -2.37. The van der Waals surface area contributed by atoms with Crippen LogP contribution in [0.25, 0.3) is 0 Å². The molecule has 100 valence electrons. The molecule has 0 aromatic heterocycles. The minimum Gasteiger partial charge on any atom is -0.508 e. The van der Waals surface area contributed by atoms with Crippen LogP contribution >= 0.6 is 0 Å². The van der Waals surface area contributed by atoms with E-state index in [0.29, 0.717) is 5.56 Å². The molecule has 0 saturated heterocycles. The Morgan fingerprint density at radius 3 is 2.83 bits per heavy atom. The normalized spacial score (nSPS) is 25.9. The lowest BCUT2D eigenvalue weighted by atomic mass is 9.92. The number of nitrogens with one attached hydrogen (secondary N) is 1. The van der Waals surface area contributed by atoms with Gasteiger partial charge in [0.2, 0.25) is 0 Å². The molecule has 1 aliphatic carbocycles. The lowest BCUT2D eigenvalue weighted by molar-refractivity contribution is 0.109. The predicted octanol–water partition coefficient (Wildman–Crippen LogP) is 2.49. The molecular formula is C14H20FNO2. The minimum absolute atomic E-state index is 0.0219. The van der Waals surface area contributed by atoms with Crippen molar-refractivity contribution in [2.45, 2.75) is 50.8 Å². The third-order valence-electron chi connectivity index (χ3n) is 3.59. The van der Waals surface area contributed by atoms with E-state index >= 15 is 0 Å². The third-order valence-corrected chi connectivity index (χ3v) is 3.59. The Morgan fingerprint density at radius 2 is 2.17 bits per heavy atom. The van der Waals surface area contributed by atoms with E-state index in [4.69, 9.17) is 0 Å². The van der Waals surface area contributed by atoms with E-state index in [1.807, 2.05) is 6.92 Å². The Kier molecular flexibility index (Phi) is 4.19. The van der Waals surface area contributed by atoms with Gasteiger partial charge in [0.1, 0.15) is 11.6 Å². The van der Waals surface area contributed by atoms with Gasteiger partial charge in [0.25, 0.3) is 0 Å². The van der Waals surface area contributed by atoms with Crippen LogP contribution in [-0.4, -0.2) is 22.4 Å². The van der Waals surface area contributed by atoms with Crippen LogP contribution in [-0.2, 0) is 0 Å². The van der Waals surface area contributed by atoms with Gasteiger partial charge >= 0.3 is 0 Å². The van der Waals surface area contributed by atoms with Crippen molar-refractivity contribution in [1.29, 1.82) is 0 Å². The number of aliphatic hydroxyl groups excluding tert-OH is 1. The number of hydrogen-bond acceptors (Lipinski definition) is 3. The molecule has 2 rings (SSSR count). The maximum Gasteiger partial charge on any atom is 0.126 e. The van der Waals surface area contributed by atoms with Gasteiger partial charge in [-0.3, -0.25) is 0 Å². The highest BCUT2D eigenvalue weighted by atomic mass is 19.1. The van der Waals surface area contributed by atoms with Crippen molar-refractivity contribution in [1.82, 2.24) is 5.32 Å². The van der Waals surface area contributed by atoms with Crippen molar-refractivity contribution >= 4 is 0 Å². The zero-order valence-electron chi connectivity index (χ0n) is 10.6. The molecule has 0 aliphatic heterocycles. The fourth-order valence-corrected chi connectivity index (χ4v) is 2.64. The first-order valence-electron chi connectivity index (χ1n) is 6.49. The van der Waals surface area contributed by atoms with Crippen LogP contribution < -0.4 is 5.32 Å². The molecule has 3 atom stereocenters. The molecule has 3 N–H and O–H groups in total. The molecule has 1 aromatic rings. The summed E-state index contributed by atoms with van der Waals surface area (Å²) in [5.41, 5.74) is 0.691. The van der Waals surface area contributed by atoms with Crippen LogP contribution in [0.4, 0.5) is 4.39 Å². The summed E-state index contributed by atoms with van der Waals surface area (Å²) in [4.78, 5) is 0. The number of phenolic OH excluding ortho intramolecular Hbond substituents is 1. The topological polar surface area (TPSA) is 52.5 Å². The first-order chi connectivity index (χ1) is 8.56. The van der Waals surface area contributed by atoms with Crippen LogP contribution in [0.1, 0.15) is 44.2 Å². The van der Waals surface area contributed by atoms with Crippen LogP contribution in [0.3, 0.4) is 0 Å². The van der Waals surface area contributed by atoms with Gasteiger partial charge in [0, 0.05) is 23.7 Å². The number of benzene rings is 1. The van der Waals surface area contributed by atoms with Gasteiger partial charge in [0.15, 0.2) is 0 Å². The molecule has 0 bridgehead atoms. The highest BCUT2D eigenvalue weighted by molar-refractivity contribution is 5.34. The highest BCUT2D eigenvalue weighted by Gasteiger charge is 2.22. The summed E-state index contributed by atoms with van der Waals surface area (Å²) < 4.78 is 12.9. The summed E-state index contributed by atoms with van der Waals surface area (Å²) >= 11 is 0. The smallest absolute Gasteiger partial charge is 0.126 e. The maximum atomic E-state index is 12.9. The van der Waals surface area contributed by atoms with Crippen molar-refractivity contribution in [3.05, 3.63) is 29.6 Å². The molecule has 0 heterocycles. The van der Waals surface area contributed by atoms with Gasteiger partial charge in [-0.2, -0.15) is 0 Å². The Bertz CT molecular complexity index is 411. The van der Waals surface area contributed by atoms with E-state index in [1.54, 1.807) is 6.07 Å². The molecule has 18 heavy (non-hydrogen) atoms. The third kappa shape index (κ3) is 3.21. The molecule has 3 nitrogen and oxygen atoms in total. The van der Waals surface area contributed by atoms with Gasteiger partial charge in [-0.05, 0) is 38.7 Å². The molecule has 1 fully saturated rings. The van der Waals surface area contributed by atoms with Crippen molar-refractivity contribution in [3.8, 4) is 5.75 Å². The molecule has 1 aromatic carbocycles. The predicted molar refractivity (Wildman–Crippen MR) is 67.9 cm³/mol. The summed E-state index contributed by atoms with van der Waals surface area (Å²) in [6, 6.07) is 4.28. The average Bonchev–Trinajstić information content (AvgIpc) is 2.28. The van der Waals surface area contributed by atoms with E-state index in [0.717, 1.165) is 31.7 Å². The quantitative estimate of drug-likeness (QED) is 0.775. The number of halogens is 1. The second kappa shape index (κ2) is 5.67. The SMILES string of the molecule is CC(NC1CCCC(O)C1)c1ccc(F)cc1O. The molecule has 0 spiro atoms. The molecule has 1 aliphatic rings. The zero-order valence-corrected chi connectivity index (χ0v) is 10.6. The average molecular weight is 253 g/mol. The van der Waals surface area contributed by atoms with Gasteiger partial charge in [-0.25, -0.2) is 4.39 Å². The van der Waals surface area contributed by atoms with E-state index in [-0.39, 0.29) is 23.9 Å². The Labute approximate surface area is 107 Å². The number of aliphatic hydroxyl groups is 1. The maximum absolute atomic E-state index is 12.9. The Morgan fingerprint density at radius 1 is 1.39 bits per heavy atom. The Hall–Kier alpha value is -1.13. The number of hydrogen-bond donors (Lipinski definition) is 3. The first-order valence-corrected chi connectivity index (χ1v) is 6.49. The van der Waals surface area contributed by atoms with E-state index < -0.39 is 5.82 Å². The number of aromatic hydroxyl groups is 1. The van der Waals surface area contributed by atoms with Gasteiger partial charge in [0.05, 0.1) is 6.10 Å². The molecule has 1 saturated carbocycles. The zero-order chi connectivity index (χ0) is 13.1. The number of rotatable bonds is 3. The van der Waals surface area contributed by atoms with E-state index in [9.17, 15) is 14.6 Å². The molecule has 0 amide bonds.